The van der Waals surface area contributed by atoms with Crippen LogP contribution >= 0.6 is 11.3 Å². The van der Waals surface area contributed by atoms with E-state index in [1.54, 1.807) is 11.3 Å². The molecular formula is C24H30N4O3S. The maximum Gasteiger partial charge on any atom is 0.235 e. The molecule has 1 fully saturated rings. The van der Waals surface area contributed by atoms with Crippen LogP contribution in [-0.4, -0.2) is 38.3 Å². The molecule has 1 saturated heterocycles. The third-order valence-electron chi connectivity index (χ3n) is 6.11. The highest BCUT2D eigenvalue weighted by molar-refractivity contribution is 7.09. The van der Waals surface area contributed by atoms with Crippen LogP contribution in [-0.2, 0) is 17.6 Å². The van der Waals surface area contributed by atoms with Gasteiger partial charge in [0, 0.05) is 17.3 Å². The van der Waals surface area contributed by atoms with E-state index in [1.165, 1.54) is 5.56 Å². The lowest BCUT2D eigenvalue weighted by Gasteiger charge is -2.40. The van der Waals surface area contributed by atoms with E-state index in [0.29, 0.717) is 12.3 Å². The number of aromatic nitrogens is 3. The summed E-state index contributed by atoms with van der Waals surface area (Å²) in [4.78, 5) is 17.5. The number of rotatable bonds is 8. The van der Waals surface area contributed by atoms with Crippen LogP contribution in [0.15, 0.2) is 34.1 Å². The first-order valence-electron chi connectivity index (χ1n) is 11.3. The van der Waals surface area contributed by atoms with Crippen LogP contribution in [0.2, 0.25) is 0 Å². The summed E-state index contributed by atoms with van der Waals surface area (Å²) >= 11 is 1.56. The molecule has 3 aromatic rings. The molecule has 1 aliphatic rings. The van der Waals surface area contributed by atoms with Crippen LogP contribution in [0.4, 0.5) is 0 Å². The van der Waals surface area contributed by atoms with Gasteiger partial charge in [-0.05, 0) is 30.9 Å². The quantitative estimate of drug-likeness (QED) is 0.535. The summed E-state index contributed by atoms with van der Waals surface area (Å²) in [5.41, 5.74) is 3.09. The molecule has 1 aliphatic heterocycles. The number of aryl methyl sites for hydroxylation is 2. The van der Waals surface area contributed by atoms with Gasteiger partial charge in [0.2, 0.25) is 17.7 Å². The Labute approximate surface area is 192 Å². The van der Waals surface area contributed by atoms with Crippen LogP contribution < -0.4 is 5.32 Å². The number of carbonyl (C=O) groups is 1. The Morgan fingerprint density at radius 2 is 2.09 bits per heavy atom. The van der Waals surface area contributed by atoms with Gasteiger partial charge in [-0.25, -0.2) is 4.98 Å². The second kappa shape index (κ2) is 9.92. The molecule has 4 atom stereocenters. The van der Waals surface area contributed by atoms with E-state index in [2.05, 4.69) is 46.5 Å². The Hall–Kier alpha value is -2.58. The van der Waals surface area contributed by atoms with Gasteiger partial charge >= 0.3 is 0 Å². The fourth-order valence-electron chi connectivity index (χ4n) is 4.45. The highest BCUT2D eigenvalue weighted by atomic mass is 32.1. The van der Waals surface area contributed by atoms with E-state index in [1.807, 2.05) is 24.4 Å². The van der Waals surface area contributed by atoms with Gasteiger partial charge in [0.25, 0.3) is 0 Å². The molecule has 2 N–H and O–H groups in total. The van der Waals surface area contributed by atoms with E-state index in [4.69, 9.17) is 4.42 Å². The molecule has 1 amide bonds. The fourth-order valence-corrected chi connectivity index (χ4v) is 5.07. The van der Waals surface area contributed by atoms with Gasteiger partial charge in [-0.3, -0.25) is 4.79 Å². The summed E-state index contributed by atoms with van der Waals surface area (Å²) in [7, 11) is 0. The predicted octanol–water partition coefficient (Wildman–Crippen LogP) is 3.90. The van der Waals surface area contributed by atoms with Crippen molar-refractivity contribution in [3.8, 4) is 0 Å². The summed E-state index contributed by atoms with van der Waals surface area (Å²) in [5, 5.41) is 25.8. The molecule has 4 rings (SSSR count). The van der Waals surface area contributed by atoms with Gasteiger partial charge in [-0.15, -0.1) is 21.5 Å². The topological polar surface area (TPSA) is 101 Å². The van der Waals surface area contributed by atoms with Crippen molar-refractivity contribution in [2.24, 2.45) is 0 Å². The first-order valence-corrected chi connectivity index (χ1v) is 12.2. The number of unbranched alkanes of at least 4 members (excludes halogenated alkanes) is 1. The van der Waals surface area contributed by atoms with E-state index >= 15 is 0 Å². The summed E-state index contributed by atoms with van der Waals surface area (Å²) in [6.45, 7) is 6.18. The van der Waals surface area contributed by atoms with Crippen LogP contribution in [0, 0.1) is 6.92 Å². The van der Waals surface area contributed by atoms with Gasteiger partial charge in [0.05, 0.1) is 23.2 Å². The van der Waals surface area contributed by atoms with Crippen LogP contribution in [0.5, 0.6) is 0 Å². The maximum absolute atomic E-state index is 13.0. The lowest BCUT2D eigenvalue weighted by atomic mass is 9.75. The van der Waals surface area contributed by atoms with Gasteiger partial charge in [0.1, 0.15) is 5.92 Å². The number of aliphatic hydroxyl groups is 1. The molecule has 0 aliphatic carbocycles. The highest BCUT2D eigenvalue weighted by Crippen LogP contribution is 2.38. The van der Waals surface area contributed by atoms with Crippen molar-refractivity contribution in [3.63, 3.8) is 0 Å². The smallest absolute Gasteiger partial charge is 0.235 e. The molecule has 0 spiro atoms. The number of benzene rings is 1. The van der Waals surface area contributed by atoms with Crippen molar-refractivity contribution in [1.29, 1.82) is 0 Å². The second-order valence-electron chi connectivity index (χ2n) is 8.42. The maximum atomic E-state index is 13.0. The number of hydrogen-bond acceptors (Lipinski definition) is 7. The monoisotopic (exact) mass is 454 g/mol. The molecule has 8 heteroatoms. The average molecular weight is 455 g/mol. The fraction of sp³-hybridized carbons (Fsp3) is 0.500. The van der Waals surface area contributed by atoms with Crippen molar-refractivity contribution in [3.05, 3.63) is 63.3 Å². The Morgan fingerprint density at radius 3 is 2.81 bits per heavy atom. The third kappa shape index (κ3) is 4.76. The zero-order valence-corrected chi connectivity index (χ0v) is 19.6. The normalized spacial score (nSPS) is 23.3. The lowest BCUT2D eigenvalue weighted by molar-refractivity contribution is -0.131. The summed E-state index contributed by atoms with van der Waals surface area (Å²) in [6, 6.07) is 8.13. The Bertz CT molecular complexity index is 1060. The van der Waals surface area contributed by atoms with E-state index in [0.717, 1.165) is 41.9 Å². The minimum Gasteiger partial charge on any atom is -0.424 e. The molecule has 4 unspecified atom stereocenters. The van der Waals surface area contributed by atoms with Crippen LogP contribution in [0.1, 0.15) is 78.6 Å². The molecule has 170 valence electrons. The zero-order valence-electron chi connectivity index (χ0n) is 18.7. The van der Waals surface area contributed by atoms with E-state index < -0.39 is 12.0 Å². The van der Waals surface area contributed by atoms with Crippen molar-refractivity contribution >= 4 is 17.2 Å². The van der Waals surface area contributed by atoms with E-state index in [9.17, 15) is 9.90 Å². The minimum atomic E-state index is -0.951. The zero-order chi connectivity index (χ0) is 22.7. The highest BCUT2D eigenvalue weighted by Gasteiger charge is 2.47. The Balaban J connectivity index is 1.62. The van der Waals surface area contributed by atoms with Crippen molar-refractivity contribution in [2.45, 2.75) is 76.9 Å². The number of thiazole rings is 1. The predicted molar refractivity (Wildman–Crippen MR) is 123 cm³/mol. The molecule has 32 heavy (non-hydrogen) atoms. The first kappa shape index (κ1) is 22.6. The van der Waals surface area contributed by atoms with E-state index in [-0.39, 0.29) is 23.8 Å². The van der Waals surface area contributed by atoms with Crippen molar-refractivity contribution < 1.29 is 14.3 Å². The molecule has 7 nitrogen and oxygen atoms in total. The number of carbonyl (C=O) groups excluding carboxylic acids is 1. The average Bonchev–Trinajstić information content (AvgIpc) is 3.41. The summed E-state index contributed by atoms with van der Waals surface area (Å²) in [6.07, 6.45) is 3.18. The lowest BCUT2D eigenvalue weighted by Crippen LogP contribution is -2.54. The number of nitrogens with zero attached hydrogens (tertiary/aromatic N) is 3. The Kier molecular flexibility index (Phi) is 7.01. The number of piperidine rings is 1. The molecule has 0 bridgehead atoms. The van der Waals surface area contributed by atoms with Crippen LogP contribution in [0.3, 0.4) is 0 Å². The minimum absolute atomic E-state index is 0.138. The first-order chi connectivity index (χ1) is 15.5. The number of aliphatic hydroxyl groups excluding tert-OH is 1. The van der Waals surface area contributed by atoms with Gasteiger partial charge in [-0.2, -0.15) is 0 Å². The molecule has 0 radical (unpaired) electrons. The number of hydrogen-bond donors (Lipinski definition) is 2. The van der Waals surface area contributed by atoms with Crippen molar-refractivity contribution in [2.75, 3.05) is 0 Å². The standard InChI is InChI=1S/C24H30N4O3S/c1-4-6-10-18-20(16-9-7-8-15(5-2)11-16)22(29)21(23(30)26-18)24-28-27-19(31-24)12-17-13-32-14(3)25-17/h7-9,11,13,18,20-22,29H,4-6,10,12H2,1-3H3,(H,26,30). The molecule has 2 aromatic heterocycles. The molecular weight excluding hydrogens is 424 g/mol. The summed E-state index contributed by atoms with van der Waals surface area (Å²) < 4.78 is 5.84. The SMILES string of the molecule is CCCCC1NC(=O)C(c2nnc(Cc3csc(C)n3)o2)C(O)C1c1cccc(CC)c1. The van der Waals surface area contributed by atoms with Crippen molar-refractivity contribution in [1.82, 2.24) is 20.5 Å². The third-order valence-corrected chi connectivity index (χ3v) is 6.94. The van der Waals surface area contributed by atoms with Crippen LogP contribution in [0.25, 0.3) is 0 Å². The van der Waals surface area contributed by atoms with Gasteiger partial charge in [-0.1, -0.05) is 51.0 Å². The Morgan fingerprint density at radius 1 is 1.25 bits per heavy atom. The second-order valence-corrected chi connectivity index (χ2v) is 9.48. The number of nitrogens with one attached hydrogen (secondary N) is 1. The largest absolute Gasteiger partial charge is 0.424 e. The molecule has 3 heterocycles. The van der Waals surface area contributed by atoms with Gasteiger partial charge in [0.15, 0.2) is 0 Å². The molecule has 1 aromatic carbocycles. The number of amides is 1. The summed E-state index contributed by atoms with van der Waals surface area (Å²) in [5.74, 6) is -0.861. The molecule has 0 saturated carbocycles. The van der Waals surface area contributed by atoms with Gasteiger partial charge < -0.3 is 14.8 Å².